The van der Waals surface area contributed by atoms with Gasteiger partial charge in [0.15, 0.2) is 6.61 Å². The van der Waals surface area contributed by atoms with Crippen LogP contribution in [0.4, 0.5) is 4.79 Å². The maximum absolute atomic E-state index is 13.1. The molecule has 29 heavy (non-hydrogen) atoms. The summed E-state index contributed by atoms with van der Waals surface area (Å²) in [5, 5.41) is 2.76. The molecule has 3 aliphatic rings. The van der Waals surface area contributed by atoms with Gasteiger partial charge in [0, 0.05) is 13.0 Å². The second-order valence-electron chi connectivity index (χ2n) is 7.44. The number of ether oxygens (including phenoxy) is 1. The van der Waals surface area contributed by atoms with Crippen LogP contribution in [0.3, 0.4) is 0 Å². The Bertz CT molecular complexity index is 913. The van der Waals surface area contributed by atoms with Crippen LogP contribution >= 0.6 is 0 Å². The van der Waals surface area contributed by atoms with Crippen molar-refractivity contribution in [3.8, 4) is 0 Å². The van der Waals surface area contributed by atoms with Crippen LogP contribution in [0, 0.1) is 0 Å². The lowest BCUT2D eigenvalue weighted by Crippen LogP contribution is -2.47. The first-order valence-electron chi connectivity index (χ1n) is 9.64. The van der Waals surface area contributed by atoms with E-state index in [1.54, 1.807) is 0 Å². The Kier molecular flexibility index (Phi) is 4.81. The summed E-state index contributed by atoms with van der Waals surface area (Å²) >= 11 is 0. The fourth-order valence-corrected chi connectivity index (χ4v) is 4.26. The first-order chi connectivity index (χ1) is 13.9. The molecular weight excluding hydrogens is 378 g/mol. The molecule has 4 rings (SSSR count). The van der Waals surface area contributed by atoms with Gasteiger partial charge in [-0.3, -0.25) is 29.0 Å². The summed E-state index contributed by atoms with van der Waals surface area (Å²) in [6, 6.07) is 6.78. The third-order valence-corrected chi connectivity index (χ3v) is 5.67. The van der Waals surface area contributed by atoms with Gasteiger partial charge in [-0.2, -0.15) is 0 Å². The first-order valence-corrected chi connectivity index (χ1v) is 9.64. The van der Waals surface area contributed by atoms with Gasteiger partial charge in [-0.15, -0.1) is 0 Å². The molecule has 1 atom stereocenters. The molecule has 0 bridgehead atoms. The van der Waals surface area contributed by atoms with Gasteiger partial charge in [0.1, 0.15) is 12.1 Å². The van der Waals surface area contributed by atoms with Crippen LogP contribution in [0.15, 0.2) is 24.3 Å². The van der Waals surface area contributed by atoms with Gasteiger partial charge in [-0.25, -0.2) is 4.79 Å². The van der Waals surface area contributed by atoms with Gasteiger partial charge >= 0.3 is 12.0 Å². The monoisotopic (exact) mass is 399 g/mol. The number of carbonyl (C=O) groups excluding carboxylic acids is 5. The van der Waals surface area contributed by atoms with Gasteiger partial charge in [-0.05, 0) is 36.8 Å². The second kappa shape index (κ2) is 7.31. The number of nitrogens with one attached hydrogen (secondary N) is 1. The summed E-state index contributed by atoms with van der Waals surface area (Å²) in [6.07, 6.45) is 2.89. The van der Waals surface area contributed by atoms with Crippen molar-refractivity contribution in [2.75, 3.05) is 19.7 Å². The van der Waals surface area contributed by atoms with Gasteiger partial charge in [-0.1, -0.05) is 24.3 Å². The van der Waals surface area contributed by atoms with E-state index in [1.165, 1.54) is 0 Å². The number of hydrogen-bond acceptors (Lipinski definition) is 6. The van der Waals surface area contributed by atoms with Crippen LogP contribution in [0.1, 0.15) is 36.8 Å². The Hall–Kier alpha value is -3.23. The van der Waals surface area contributed by atoms with E-state index in [9.17, 15) is 24.0 Å². The zero-order chi connectivity index (χ0) is 20.6. The highest BCUT2D eigenvalue weighted by molar-refractivity contribution is 6.09. The normalized spacial score (nSPS) is 23.4. The van der Waals surface area contributed by atoms with Crippen molar-refractivity contribution in [2.45, 2.75) is 37.6 Å². The first kappa shape index (κ1) is 19.1. The minimum atomic E-state index is -1.16. The van der Waals surface area contributed by atoms with Crippen LogP contribution in [0.5, 0.6) is 0 Å². The Morgan fingerprint density at radius 1 is 1.10 bits per heavy atom. The highest BCUT2D eigenvalue weighted by Gasteiger charge is 2.54. The molecule has 1 aliphatic carbocycles. The number of rotatable bonds is 4. The van der Waals surface area contributed by atoms with Crippen LogP contribution < -0.4 is 5.32 Å². The van der Waals surface area contributed by atoms with Crippen molar-refractivity contribution in [3.63, 3.8) is 0 Å². The molecule has 9 heteroatoms. The Morgan fingerprint density at radius 2 is 1.90 bits per heavy atom. The Balaban J connectivity index is 1.42. The number of hydrogen-bond donors (Lipinski definition) is 1. The predicted molar refractivity (Wildman–Crippen MR) is 98.2 cm³/mol. The minimum absolute atomic E-state index is 0.293. The number of amides is 5. The average Bonchev–Trinajstić information content (AvgIpc) is 3.24. The fraction of sp³-hybridized carbons (Fsp3) is 0.450. The lowest BCUT2D eigenvalue weighted by Gasteiger charge is -2.33. The molecule has 0 radical (unpaired) electrons. The minimum Gasteiger partial charge on any atom is -0.454 e. The third kappa shape index (κ3) is 3.26. The molecule has 0 unspecified atom stereocenters. The number of imide groups is 2. The quantitative estimate of drug-likeness (QED) is 0.581. The van der Waals surface area contributed by atoms with Crippen molar-refractivity contribution in [1.82, 2.24) is 15.1 Å². The number of carbonyl (C=O) groups is 5. The number of nitrogens with zero attached hydrogens (tertiary/aromatic N) is 2. The molecule has 1 N–H and O–H groups in total. The number of urea groups is 1. The standard InChI is InChI=1S/C20H21N3O6/c24-15-8-4-10-22(15)16(25)12-29-17(26)11-23-18(27)20(21-19(23)28)9-3-6-13-5-1-2-7-14(13)20/h1-2,5,7H,3-4,6,8-12H2,(H,21,28)/t20-/m1/s1. The van der Waals surface area contributed by atoms with E-state index < -0.39 is 42.5 Å². The van der Waals surface area contributed by atoms with Gasteiger partial charge in [0.25, 0.3) is 11.8 Å². The fourth-order valence-electron chi connectivity index (χ4n) is 4.26. The van der Waals surface area contributed by atoms with E-state index in [-0.39, 0.29) is 5.91 Å². The molecule has 5 amide bonds. The topological polar surface area (TPSA) is 113 Å². The number of likely N-dealkylation sites (tertiary alicyclic amines) is 1. The van der Waals surface area contributed by atoms with Crippen molar-refractivity contribution >= 4 is 29.7 Å². The van der Waals surface area contributed by atoms with Crippen molar-refractivity contribution in [2.24, 2.45) is 0 Å². The number of esters is 1. The summed E-state index contributed by atoms with van der Waals surface area (Å²) < 4.78 is 4.91. The average molecular weight is 399 g/mol. The molecule has 0 aromatic heterocycles. The van der Waals surface area contributed by atoms with Gasteiger partial charge in [0.2, 0.25) is 5.91 Å². The molecule has 1 spiro atoms. The SMILES string of the molecule is O=C(CN1C(=O)N[C@@]2(CCCc3ccccc32)C1=O)OCC(=O)N1CCCC1=O. The number of aryl methyl sites for hydroxylation is 1. The highest BCUT2D eigenvalue weighted by Crippen LogP contribution is 2.39. The van der Waals surface area contributed by atoms with Crippen LogP contribution in [-0.4, -0.2) is 59.2 Å². The molecule has 2 heterocycles. The lowest BCUT2D eigenvalue weighted by atomic mass is 9.76. The molecule has 2 fully saturated rings. The third-order valence-electron chi connectivity index (χ3n) is 5.67. The molecule has 2 saturated heterocycles. The number of fused-ring (bicyclic) bond motifs is 2. The Morgan fingerprint density at radius 3 is 2.66 bits per heavy atom. The summed E-state index contributed by atoms with van der Waals surface area (Å²) in [7, 11) is 0. The van der Waals surface area contributed by atoms with Crippen molar-refractivity contribution in [3.05, 3.63) is 35.4 Å². The van der Waals surface area contributed by atoms with Crippen LogP contribution in [0.25, 0.3) is 0 Å². The summed E-state index contributed by atoms with van der Waals surface area (Å²) in [5.74, 6) is -2.27. The van der Waals surface area contributed by atoms with E-state index in [1.807, 2.05) is 24.3 Å². The second-order valence-corrected chi connectivity index (χ2v) is 7.44. The lowest BCUT2D eigenvalue weighted by molar-refractivity contribution is -0.155. The number of benzene rings is 1. The summed E-state index contributed by atoms with van der Waals surface area (Å²) in [4.78, 5) is 63.1. The largest absolute Gasteiger partial charge is 0.454 e. The zero-order valence-corrected chi connectivity index (χ0v) is 15.8. The summed E-state index contributed by atoms with van der Waals surface area (Å²) in [5.41, 5.74) is 0.588. The van der Waals surface area contributed by atoms with E-state index in [2.05, 4.69) is 5.32 Å². The summed E-state index contributed by atoms with van der Waals surface area (Å²) in [6.45, 7) is -0.873. The van der Waals surface area contributed by atoms with Crippen molar-refractivity contribution < 1.29 is 28.7 Å². The van der Waals surface area contributed by atoms with E-state index >= 15 is 0 Å². The Labute approximate surface area is 167 Å². The smallest absolute Gasteiger partial charge is 0.326 e. The molecule has 1 aromatic rings. The van der Waals surface area contributed by atoms with Crippen molar-refractivity contribution in [1.29, 1.82) is 0 Å². The molecule has 152 valence electrons. The van der Waals surface area contributed by atoms with Gasteiger partial charge in [0.05, 0.1) is 0 Å². The highest BCUT2D eigenvalue weighted by atomic mass is 16.5. The molecule has 2 aliphatic heterocycles. The van der Waals surface area contributed by atoms with Crippen LogP contribution in [0.2, 0.25) is 0 Å². The maximum atomic E-state index is 13.1. The molecule has 0 saturated carbocycles. The predicted octanol–water partition coefficient (Wildman–Crippen LogP) is 0.462. The van der Waals surface area contributed by atoms with E-state index in [4.69, 9.17) is 4.74 Å². The van der Waals surface area contributed by atoms with Crippen LogP contribution in [-0.2, 0) is 35.9 Å². The zero-order valence-electron chi connectivity index (χ0n) is 15.8. The molecule has 1 aromatic carbocycles. The van der Waals surface area contributed by atoms with E-state index in [0.29, 0.717) is 25.8 Å². The van der Waals surface area contributed by atoms with Gasteiger partial charge < -0.3 is 10.1 Å². The molecule has 9 nitrogen and oxygen atoms in total. The maximum Gasteiger partial charge on any atom is 0.326 e. The van der Waals surface area contributed by atoms with E-state index in [0.717, 1.165) is 33.8 Å². The molecular formula is C20H21N3O6.